The molecule has 17 heavy (non-hydrogen) atoms. The molecule has 0 spiro atoms. The van der Waals surface area contributed by atoms with Crippen molar-refractivity contribution in [2.45, 2.75) is 10.9 Å². The van der Waals surface area contributed by atoms with Gasteiger partial charge < -0.3 is 10.6 Å². The molecule has 2 rings (SSSR count). The van der Waals surface area contributed by atoms with E-state index in [9.17, 15) is 8.42 Å². The minimum atomic E-state index is -3.09. The van der Waals surface area contributed by atoms with Crippen LogP contribution in [0.1, 0.15) is 11.6 Å². The van der Waals surface area contributed by atoms with E-state index in [1.165, 1.54) is 6.26 Å². The van der Waals surface area contributed by atoms with E-state index in [1.807, 2.05) is 12.1 Å². The first-order chi connectivity index (χ1) is 7.57. The van der Waals surface area contributed by atoms with Crippen LogP contribution in [0.25, 0.3) is 0 Å². The normalized spacial score (nSPS) is 20.6. The second-order valence-electron chi connectivity index (χ2n) is 4.05. The minimum Gasteiger partial charge on any atom is -0.314 e. The summed E-state index contributed by atoms with van der Waals surface area (Å²) in [4.78, 5) is 0.375. The summed E-state index contributed by atoms with van der Waals surface area (Å²) in [6, 6.07) is 7.37. The Labute approximate surface area is 108 Å². The summed E-state index contributed by atoms with van der Waals surface area (Å²) in [5.41, 5.74) is 1.12. The quantitative estimate of drug-likeness (QED) is 0.837. The summed E-state index contributed by atoms with van der Waals surface area (Å²) in [5.74, 6) is 0. The van der Waals surface area contributed by atoms with Gasteiger partial charge >= 0.3 is 0 Å². The largest absolute Gasteiger partial charge is 0.314 e. The van der Waals surface area contributed by atoms with Crippen molar-refractivity contribution < 1.29 is 8.42 Å². The Morgan fingerprint density at radius 2 is 1.82 bits per heavy atom. The number of rotatable bonds is 2. The molecule has 0 saturated carbocycles. The molecule has 96 valence electrons. The van der Waals surface area contributed by atoms with Crippen LogP contribution in [-0.2, 0) is 9.84 Å². The Morgan fingerprint density at radius 1 is 1.18 bits per heavy atom. The van der Waals surface area contributed by atoms with Crippen molar-refractivity contribution >= 4 is 22.2 Å². The second-order valence-corrected chi connectivity index (χ2v) is 6.07. The zero-order valence-corrected chi connectivity index (χ0v) is 11.3. The van der Waals surface area contributed by atoms with E-state index in [2.05, 4.69) is 10.6 Å². The summed E-state index contributed by atoms with van der Waals surface area (Å²) in [6.45, 7) is 2.81. The zero-order chi connectivity index (χ0) is 11.6. The van der Waals surface area contributed by atoms with Gasteiger partial charge in [-0.05, 0) is 17.7 Å². The molecule has 1 heterocycles. The molecule has 0 amide bonds. The lowest BCUT2D eigenvalue weighted by molar-refractivity contribution is 0.430. The molecule has 1 aromatic carbocycles. The van der Waals surface area contributed by atoms with Crippen LogP contribution >= 0.6 is 12.4 Å². The fourth-order valence-electron chi connectivity index (χ4n) is 1.84. The molecule has 0 bridgehead atoms. The third-order valence-corrected chi connectivity index (χ3v) is 3.88. The Kier molecular flexibility index (Phi) is 4.94. The number of nitrogens with one attached hydrogen (secondary N) is 2. The highest BCUT2D eigenvalue weighted by atomic mass is 35.5. The maximum atomic E-state index is 11.3. The van der Waals surface area contributed by atoms with Crippen LogP contribution in [0.15, 0.2) is 29.2 Å². The van der Waals surface area contributed by atoms with E-state index in [4.69, 9.17) is 0 Å². The molecule has 0 aliphatic carbocycles. The van der Waals surface area contributed by atoms with Crippen LogP contribution in [0.2, 0.25) is 0 Å². The molecule has 1 aliphatic rings. The standard InChI is InChI=1S/C11H16N2O2S.ClH/c1-16(14,15)10-4-2-9(3-5-10)11-8-12-6-7-13-11;/h2-5,11-13H,6-8H2,1H3;1H/t11-;/m1./s1. The number of sulfone groups is 1. The van der Waals surface area contributed by atoms with Gasteiger partial charge in [0.25, 0.3) is 0 Å². The predicted molar refractivity (Wildman–Crippen MR) is 70.4 cm³/mol. The van der Waals surface area contributed by atoms with Crippen molar-refractivity contribution in [2.24, 2.45) is 0 Å². The smallest absolute Gasteiger partial charge is 0.175 e. The molecule has 1 saturated heterocycles. The van der Waals surface area contributed by atoms with Gasteiger partial charge in [-0.15, -0.1) is 12.4 Å². The van der Waals surface area contributed by atoms with Gasteiger partial charge in [-0.1, -0.05) is 12.1 Å². The molecule has 0 aromatic heterocycles. The van der Waals surface area contributed by atoms with Gasteiger partial charge in [0.15, 0.2) is 9.84 Å². The molecule has 1 atom stereocenters. The lowest BCUT2D eigenvalue weighted by Gasteiger charge is -2.24. The molecule has 1 aromatic rings. The van der Waals surface area contributed by atoms with Crippen LogP contribution in [-0.4, -0.2) is 34.3 Å². The number of halogens is 1. The zero-order valence-electron chi connectivity index (χ0n) is 9.64. The van der Waals surface area contributed by atoms with Crippen LogP contribution in [0.3, 0.4) is 0 Å². The van der Waals surface area contributed by atoms with E-state index in [-0.39, 0.29) is 18.4 Å². The molecule has 2 N–H and O–H groups in total. The third kappa shape index (κ3) is 3.67. The summed E-state index contributed by atoms with van der Waals surface area (Å²) in [7, 11) is -3.09. The highest BCUT2D eigenvalue weighted by molar-refractivity contribution is 7.90. The lowest BCUT2D eigenvalue weighted by Crippen LogP contribution is -2.42. The average molecular weight is 277 g/mol. The van der Waals surface area contributed by atoms with Crippen LogP contribution < -0.4 is 10.6 Å². The molecule has 1 aliphatic heterocycles. The molecule has 6 heteroatoms. The fraction of sp³-hybridized carbons (Fsp3) is 0.455. The highest BCUT2D eigenvalue weighted by Crippen LogP contribution is 2.16. The maximum Gasteiger partial charge on any atom is 0.175 e. The number of hydrogen-bond acceptors (Lipinski definition) is 4. The van der Waals surface area contributed by atoms with Crippen LogP contribution in [0.5, 0.6) is 0 Å². The van der Waals surface area contributed by atoms with Crippen molar-refractivity contribution in [2.75, 3.05) is 25.9 Å². The number of hydrogen-bond donors (Lipinski definition) is 2. The second kappa shape index (κ2) is 5.82. The predicted octanol–water partition coefficient (Wildman–Crippen LogP) is 0.746. The van der Waals surface area contributed by atoms with Crippen molar-refractivity contribution in [3.05, 3.63) is 29.8 Å². The van der Waals surface area contributed by atoms with Gasteiger partial charge in [0.05, 0.1) is 4.90 Å². The molecule has 1 fully saturated rings. The Morgan fingerprint density at radius 3 is 2.29 bits per heavy atom. The summed E-state index contributed by atoms with van der Waals surface area (Å²) >= 11 is 0. The minimum absolute atomic E-state index is 0. The Bertz CT molecular complexity index is 453. The monoisotopic (exact) mass is 276 g/mol. The van der Waals surface area contributed by atoms with Gasteiger partial charge in [0, 0.05) is 31.9 Å². The molecular formula is C11H17ClN2O2S. The van der Waals surface area contributed by atoms with Crippen molar-refractivity contribution in [3.8, 4) is 0 Å². The molecule has 4 nitrogen and oxygen atoms in total. The summed E-state index contributed by atoms with van der Waals surface area (Å²) in [5, 5.41) is 6.68. The number of benzene rings is 1. The van der Waals surface area contributed by atoms with Gasteiger partial charge in [-0.25, -0.2) is 8.42 Å². The fourth-order valence-corrected chi connectivity index (χ4v) is 2.47. The van der Waals surface area contributed by atoms with E-state index < -0.39 is 9.84 Å². The van der Waals surface area contributed by atoms with Gasteiger partial charge in [0.1, 0.15) is 0 Å². The molecule has 0 unspecified atom stereocenters. The van der Waals surface area contributed by atoms with E-state index in [1.54, 1.807) is 12.1 Å². The summed E-state index contributed by atoms with van der Waals surface area (Å²) in [6.07, 6.45) is 1.22. The van der Waals surface area contributed by atoms with Gasteiger partial charge in [0.2, 0.25) is 0 Å². The van der Waals surface area contributed by atoms with Crippen molar-refractivity contribution in [1.82, 2.24) is 10.6 Å². The lowest BCUT2D eigenvalue weighted by atomic mass is 10.1. The first-order valence-corrected chi connectivity index (χ1v) is 7.20. The van der Waals surface area contributed by atoms with Crippen LogP contribution in [0, 0.1) is 0 Å². The Balaban J connectivity index is 0.00000144. The Hall–Kier alpha value is -0.620. The van der Waals surface area contributed by atoms with Crippen LogP contribution in [0.4, 0.5) is 0 Å². The van der Waals surface area contributed by atoms with Crippen molar-refractivity contribution in [3.63, 3.8) is 0 Å². The summed E-state index contributed by atoms with van der Waals surface area (Å²) < 4.78 is 22.6. The molecular weight excluding hydrogens is 260 g/mol. The average Bonchev–Trinajstić information content (AvgIpc) is 2.29. The molecule has 0 radical (unpaired) electrons. The SMILES string of the molecule is CS(=O)(=O)c1ccc([C@H]2CNCCN2)cc1.Cl. The maximum absolute atomic E-state index is 11.3. The number of piperazine rings is 1. The topological polar surface area (TPSA) is 58.2 Å². The van der Waals surface area contributed by atoms with Crippen molar-refractivity contribution in [1.29, 1.82) is 0 Å². The van der Waals surface area contributed by atoms with Gasteiger partial charge in [-0.2, -0.15) is 0 Å². The third-order valence-electron chi connectivity index (χ3n) is 2.75. The van der Waals surface area contributed by atoms with Gasteiger partial charge in [-0.3, -0.25) is 0 Å². The van der Waals surface area contributed by atoms with E-state index >= 15 is 0 Å². The van der Waals surface area contributed by atoms with E-state index in [0.29, 0.717) is 4.90 Å². The van der Waals surface area contributed by atoms with E-state index in [0.717, 1.165) is 25.2 Å². The first kappa shape index (κ1) is 14.4. The highest BCUT2D eigenvalue weighted by Gasteiger charge is 2.14. The first-order valence-electron chi connectivity index (χ1n) is 5.31.